The van der Waals surface area contributed by atoms with E-state index in [4.69, 9.17) is 11.6 Å². The SMILES string of the molecule is O=C1CCN(C(c2ccc3cccc(Cl)c3c2)C(F)(F)F)N1. The molecular formula is C15H12ClF3N2O. The molecule has 2 aromatic rings. The van der Waals surface area contributed by atoms with Crippen molar-refractivity contribution >= 4 is 28.3 Å². The number of hydrogen-bond acceptors (Lipinski definition) is 2. The van der Waals surface area contributed by atoms with Gasteiger partial charge in [-0.05, 0) is 23.1 Å². The van der Waals surface area contributed by atoms with E-state index < -0.39 is 18.1 Å². The van der Waals surface area contributed by atoms with Gasteiger partial charge in [0.05, 0.1) is 0 Å². The van der Waals surface area contributed by atoms with Crippen LogP contribution in [0.15, 0.2) is 36.4 Å². The number of nitrogens with one attached hydrogen (secondary N) is 1. The van der Waals surface area contributed by atoms with Crippen LogP contribution in [0.3, 0.4) is 0 Å². The summed E-state index contributed by atoms with van der Waals surface area (Å²) in [7, 11) is 0. The molecule has 3 rings (SSSR count). The van der Waals surface area contributed by atoms with Crippen molar-refractivity contribution in [2.24, 2.45) is 0 Å². The van der Waals surface area contributed by atoms with Gasteiger partial charge in [0.25, 0.3) is 0 Å². The molecule has 3 nitrogen and oxygen atoms in total. The van der Waals surface area contributed by atoms with Crippen molar-refractivity contribution in [3.8, 4) is 0 Å². The standard InChI is InChI=1S/C15H12ClF3N2O/c16-12-3-1-2-9-4-5-10(8-11(9)12)14(15(17,18)19)21-7-6-13(22)20-21/h1-5,8,14H,6-7H2,(H,20,22). The average molecular weight is 329 g/mol. The van der Waals surface area contributed by atoms with E-state index in [1.165, 1.54) is 12.1 Å². The predicted octanol–water partition coefficient (Wildman–Crippen LogP) is 3.83. The fourth-order valence-electron chi connectivity index (χ4n) is 2.66. The molecule has 22 heavy (non-hydrogen) atoms. The van der Waals surface area contributed by atoms with Gasteiger partial charge in [0, 0.05) is 23.4 Å². The first kappa shape index (κ1) is 15.1. The molecule has 0 spiro atoms. The second-order valence-electron chi connectivity index (χ2n) is 5.14. The lowest BCUT2D eigenvalue weighted by Crippen LogP contribution is -2.43. The van der Waals surface area contributed by atoms with E-state index in [0.717, 1.165) is 10.4 Å². The van der Waals surface area contributed by atoms with E-state index in [1.54, 1.807) is 24.3 Å². The zero-order chi connectivity index (χ0) is 15.9. The van der Waals surface area contributed by atoms with E-state index in [2.05, 4.69) is 5.43 Å². The Morgan fingerprint density at radius 2 is 2.00 bits per heavy atom. The van der Waals surface area contributed by atoms with Crippen LogP contribution in [0.5, 0.6) is 0 Å². The fourth-order valence-corrected chi connectivity index (χ4v) is 2.89. The summed E-state index contributed by atoms with van der Waals surface area (Å²) in [5.74, 6) is -0.409. The van der Waals surface area contributed by atoms with Gasteiger partial charge < -0.3 is 0 Å². The van der Waals surface area contributed by atoms with Gasteiger partial charge in [0.2, 0.25) is 5.91 Å². The molecule has 0 aromatic heterocycles. The first-order valence-electron chi connectivity index (χ1n) is 6.67. The molecule has 0 radical (unpaired) electrons. The van der Waals surface area contributed by atoms with Crippen molar-refractivity contribution in [2.45, 2.75) is 18.6 Å². The third-order valence-corrected chi connectivity index (χ3v) is 3.97. The number of alkyl halides is 3. The summed E-state index contributed by atoms with van der Waals surface area (Å²) >= 11 is 6.07. The number of hydrogen-bond donors (Lipinski definition) is 1. The largest absolute Gasteiger partial charge is 0.409 e. The molecule has 116 valence electrons. The maximum Gasteiger partial charge on any atom is 0.409 e. The molecule has 1 atom stereocenters. The number of rotatable bonds is 2. The summed E-state index contributed by atoms with van der Waals surface area (Å²) in [4.78, 5) is 11.2. The van der Waals surface area contributed by atoms with Gasteiger partial charge in [-0.1, -0.05) is 35.9 Å². The number of amides is 1. The van der Waals surface area contributed by atoms with Crippen molar-refractivity contribution in [3.63, 3.8) is 0 Å². The zero-order valence-corrected chi connectivity index (χ0v) is 12.1. The Kier molecular flexibility index (Phi) is 3.74. The molecular weight excluding hydrogens is 317 g/mol. The second kappa shape index (κ2) is 5.44. The smallest absolute Gasteiger partial charge is 0.288 e. The Balaban J connectivity index is 2.08. The van der Waals surface area contributed by atoms with Gasteiger partial charge >= 0.3 is 6.18 Å². The molecule has 1 unspecified atom stereocenters. The number of carbonyl (C=O) groups is 1. The number of nitrogens with zero attached hydrogens (tertiary/aromatic N) is 1. The minimum Gasteiger partial charge on any atom is -0.288 e. The highest BCUT2D eigenvalue weighted by Gasteiger charge is 2.46. The number of carbonyl (C=O) groups excluding carboxylic acids is 1. The topological polar surface area (TPSA) is 32.3 Å². The lowest BCUT2D eigenvalue weighted by molar-refractivity contribution is -0.191. The lowest BCUT2D eigenvalue weighted by atomic mass is 10.0. The minimum absolute atomic E-state index is 0.0174. The Morgan fingerprint density at radius 3 is 2.64 bits per heavy atom. The molecule has 0 saturated carbocycles. The van der Waals surface area contributed by atoms with Gasteiger partial charge in [-0.15, -0.1) is 0 Å². The molecule has 0 bridgehead atoms. The molecule has 0 aliphatic carbocycles. The molecule has 1 amide bonds. The van der Waals surface area contributed by atoms with Crippen molar-refractivity contribution < 1.29 is 18.0 Å². The fraction of sp³-hybridized carbons (Fsp3) is 0.267. The van der Waals surface area contributed by atoms with Crippen LogP contribution >= 0.6 is 11.6 Å². The first-order chi connectivity index (χ1) is 10.4. The number of fused-ring (bicyclic) bond motifs is 1. The Hall–Kier alpha value is -1.79. The van der Waals surface area contributed by atoms with Crippen LogP contribution in [0.25, 0.3) is 10.8 Å². The third-order valence-electron chi connectivity index (χ3n) is 3.64. The summed E-state index contributed by atoms with van der Waals surface area (Å²) in [6.07, 6.45) is -4.45. The van der Waals surface area contributed by atoms with Gasteiger partial charge in [0.15, 0.2) is 0 Å². The highest BCUT2D eigenvalue weighted by molar-refractivity contribution is 6.35. The van der Waals surface area contributed by atoms with Gasteiger partial charge in [-0.2, -0.15) is 13.2 Å². The first-order valence-corrected chi connectivity index (χ1v) is 7.05. The van der Waals surface area contributed by atoms with Gasteiger partial charge in [0.1, 0.15) is 6.04 Å². The van der Waals surface area contributed by atoms with Gasteiger partial charge in [-0.3, -0.25) is 10.2 Å². The van der Waals surface area contributed by atoms with Crippen molar-refractivity contribution in [1.82, 2.24) is 10.4 Å². The molecule has 1 aliphatic heterocycles. The molecule has 2 aromatic carbocycles. The minimum atomic E-state index is -4.51. The highest BCUT2D eigenvalue weighted by Crippen LogP contribution is 2.39. The number of hydrazine groups is 1. The van der Waals surface area contributed by atoms with E-state index in [0.29, 0.717) is 10.4 Å². The third kappa shape index (κ3) is 2.76. The molecule has 1 aliphatic rings. The monoisotopic (exact) mass is 328 g/mol. The molecule has 1 heterocycles. The van der Waals surface area contributed by atoms with E-state index in [-0.39, 0.29) is 18.5 Å². The number of benzene rings is 2. The predicted molar refractivity (Wildman–Crippen MR) is 77.2 cm³/mol. The van der Waals surface area contributed by atoms with Crippen LogP contribution in [0.2, 0.25) is 5.02 Å². The van der Waals surface area contributed by atoms with Gasteiger partial charge in [-0.25, -0.2) is 5.01 Å². The van der Waals surface area contributed by atoms with Crippen molar-refractivity contribution in [2.75, 3.05) is 6.54 Å². The van der Waals surface area contributed by atoms with Crippen LogP contribution in [-0.2, 0) is 4.79 Å². The van der Waals surface area contributed by atoms with Crippen LogP contribution in [0, 0.1) is 0 Å². The molecule has 1 fully saturated rings. The summed E-state index contributed by atoms with van der Waals surface area (Å²) in [5, 5.41) is 2.65. The normalized spacial score (nSPS) is 17.7. The van der Waals surface area contributed by atoms with Crippen LogP contribution < -0.4 is 5.43 Å². The van der Waals surface area contributed by atoms with Crippen LogP contribution in [-0.4, -0.2) is 23.6 Å². The quantitative estimate of drug-likeness (QED) is 0.908. The second-order valence-corrected chi connectivity index (χ2v) is 5.55. The Labute approximate surface area is 129 Å². The summed E-state index contributed by atoms with van der Waals surface area (Å²) in [6.45, 7) is 0.0174. The summed E-state index contributed by atoms with van der Waals surface area (Å²) < 4.78 is 40.4. The molecule has 7 heteroatoms. The Bertz CT molecular complexity index is 732. The van der Waals surface area contributed by atoms with Crippen LogP contribution in [0.1, 0.15) is 18.0 Å². The average Bonchev–Trinajstić information content (AvgIpc) is 2.84. The van der Waals surface area contributed by atoms with E-state index >= 15 is 0 Å². The van der Waals surface area contributed by atoms with E-state index in [1.807, 2.05) is 0 Å². The molecule has 1 N–H and O–H groups in total. The Morgan fingerprint density at radius 1 is 1.23 bits per heavy atom. The zero-order valence-electron chi connectivity index (χ0n) is 11.3. The summed E-state index contributed by atoms with van der Waals surface area (Å²) in [5.41, 5.74) is 2.31. The van der Waals surface area contributed by atoms with Crippen LogP contribution in [0.4, 0.5) is 13.2 Å². The highest BCUT2D eigenvalue weighted by atomic mass is 35.5. The van der Waals surface area contributed by atoms with Crippen molar-refractivity contribution in [3.05, 3.63) is 47.0 Å². The molecule has 1 saturated heterocycles. The summed E-state index contributed by atoms with van der Waals surface area (Å²) in [6, 6.07) is 7.72. The maximum atomic E-state index is 13.5. The number of halogens is 4. The van der Waals surface area contributed by atoms with Crippen molar-refractivity contribution in [1.29, 1.82) is 0 Å². The van der Waals surface area contributed by atoms with E-state index in [9.17, 15) is 18.0 Å². The maximum absolute atomic E-state index is 13.5. The lowest BCUT2D eigenvalue weighted by Gasteiger charge is -2.29.